The summed E-state index contributed by atoms with van der Waals surface area (Å²) in [6.07, 6.45) is 3.60. The fourth-order valence-corrected chi connectivity index (χ4v) is 4.94. The molecule has 0 amide bonds. The van der Waals surface area contributed by atoms with Crippen LogP contribution in [-0.2, 0) is 14.3 Å². The number of fused-ring (bicyclic) bond motifs is 1. The molecule has 0 spiro atoms. The Morgan fingerprint density at radius 3 is 2.73 bits per heavy atom. The number of methoxy groups -OCH3 is 1. The molecule has 2 aliphatic rings. The monoisotopic (exact) mass is 465 g/mol. The van der Waals surface area contributed by atoms with E-state index in [1.807, 2.05) is 6.07 Å². The lowest BCUT2D eigenvalue weighted by Crippen LogP contribution is -2.37. The molecular weight excluding hydrogens is 446 g/mol. The van der Waals surface area contributed by atoms with Gasteiger partial charge in [-0.3, -0.25) is 9.59 Å². The van der Waals surface area contributed by atoms with Crippen molar-refractivity contribution in [2.45, 2.75) is 31.6 Å². The molecular formula is C25H20ClNO6. The molecule has 0 unspecified atom stereocenters. The lowest BCUT2D eigenvalue weighted by molar-refractivity contribution is -0.136. The van der Waals surface area contributed by atoms with Crippen molar-refractivity contribution in [2.75, 3.05) is 7.11 Å². The maximum atomic E-state index is 13.5. The molecule has 1 aliphatic heterocycles. The average Bonchev–Trinajstić information content (AvgIpc) is 3.33. The molecule has 0 bridgehead atoms. The van der Waals surface area contributed by atoms with Crippen LogP contribution in [0.25, 0.3) is 11.0 Å². The Bertz CT molecular complexity index is 1410. The Morgan fingerprint density at radius 1 is 1.18 bits per heavy atom. The van der Waals surface area contributed by atoms with Crippen molar-refractivity contribution in [3.8, 4) is 0 Å². The summed E-state index contributed by atoms with van der Waals surface area (Å²) < 4.78 is 16.3. The Labute approximate surface area is 193 Å². The van der Waals surface area contributed by atoms with Crippen LogP contribution in [0.15, 0.2) is 79.0 Å². The van der Waals surface area contributed by atoms with Crippen LogP contribution in [0.3, 0.4) is 0 Å². The van der Waals surface area contributed by atoms with E-state index in [1.54, 1.807) is 31.4 Å². The minimum absolute atomic E-state index is 0.140. The lowest BCUT2D eigenvalue weighted by atomic mass is 9.72. The maximum Gasteiger partial charge on any atom is 0.336 e. The smallest absolute Gasteiger partial charge is 0.336 e. The van der Waals surface area contributed by atoms with Gasteiger partial charge in [0, 0.05) is 39.9 Å². The van der Waals surface area contributed by atoms with Crippen molar-refractivity contribution in [1.82, 2.24) is 5.32 Å². The fraction of sp³-hybridized carbons (Fsp3) is 0.240. The zero-order chi connectivity index (χ0) is 23.3. The first-order valence-corrected chi connectivity index (χ1v) is 10.8. The van der Waals surface area contributed by atoms with Crippen molar-refractivity contribution in [2.24, 2.45) is 0 Å². The highest BCUT2D eigenvalue weighted by Crippen LogP contribution is 2.45. The number of esters is 1. The molecule has 1 aliphatic carbocycles. The number of carbonyl (C=O) groups is 2. The molecule has 0 fully saturated rings. The standard InChI is InChI=1S/C25H20ClNO6/c1-12-21(25(30)31-2)22(16-11-33-20-6-5-14(26)10-15(20)24(16)29)23-17(27-12)8-13(9-18(23)28)19-4-3-7-32-19/h3-7,10-11,13,22,27H,8-9H2,1-2H3/t13-,22+/m1/s1. The van der Waals surface area contributed by atoms with Gasteiger partial charge in [0.1, 0.15) is 11.3 Å². The summed E-state index contributed by atoms with van der Waals surface area (Å²) in [5.41, 5.74) is 1.95. The van der Waals surface area contributed by atoms with Crippen molar-refractivity contribution >= 4 is 34.3 Å². The largest absolute Gasteiger partial charge is 0.469 e. The van der Waals surface area contributed by atoms with Crippen molar-refractivity contribution in [3.05, 3.63) is 92.0 Å². The topological polar surface area (TPSA) is 98.8 Å². The molecule has 1 aromatic carbocycles. The first kappa shape index (κ1) is 21.3. The molecule has 2 aromatic heterocycles. The van der Waals surface area contributed by atoms with Gasteiger partial charge in [-0.2, -0.15) is 0 Å². The quantitative estimate of drug-likeness (QED) is 0.565. The zero-order valence-corrected chi connectivity index (χ0v) is 18.7. The lowest BCUT2D eigenvalue weighted by Gasteiger charge is -2.35. The predicted octanol–water partition coefficient (Wildman–Crippen LogP) is 4.57. The highest BCUT2D eigenvalue weighted by Gasteiger charge is 2.43. The summed E-state index contributed by atoms with van der Waals surface area (Å²) in [6, 6.07) is 8.38. The van der Waals surface area contributed by atoms with E-state index < -0.39 is 11.9 Å². The second kappa shape index (κ2) is 8.08. The molecule has 5 rings (SSSR count). The molecule has 0 radical (unpaired) electrons. The van der Waals surface area contributed by atoms with Gasteiger partial charge in [0.05, 0.1) is 36.5 Å². The van der Waals surface area contributed by atoms with Gasteiger partial charge in [-0.15, -0.1) is 0 Å². The minimum atomic E-state index is -0.918. The van der Waals surface area contributed by atoms with Gasteiger partial charge in [0.25, 0.3) is 0 Å². The number of furan rings is 1. The SMILES string of the molecule is COC(=O)C1=C(C)NC2=C(C(=O)C[C@H](c3ccco3)C2)[C@H]1c1coc2ccc(Cl)cc2c1=O. The molecule has 3 aromatic rings. The van der Waals surface area contributed by atoms with Gasteiger partial charge in [-0.05, 0) is 43.7 Å². The van der Waals surface area contributed by atoms with Crippen LogP contribution in [0.4, 0.5) is 0 Å². The van der Waals surface area contributed by atoms with E-state index in [2.05, 4.69) is 5.32 Å². The molecule has 33 heavy (non-hydrogen) atoms. The third-order valence-corrected chi connectivity index (χ3v) is 6.49. The number of Topliss-reactive ketones (excluding diaryl/α,β-unsaturated/α-hetero) is 1. The van der Waals surface area contributed by atoms with Crippen LogP contribution in [0.5, 0.6) is 0 Å². The van der Waals surface area contributed by atoms with E-state index in [9.17, 15) is 14.4 Å². The number of carbonyl (C=O) groups excluding carboxylic acids is 2. The van der Waals surface area contributed by atoms with Crippen LogP contribution in [0, 0.1) is 0 Å². The van der Waals surface area contributed by atoms with E-state index >= 15 is 0 Å². The van der Waals surface area contributed by atoms with E-state index in [4.69, 9.17) is 25.2 Å². The molecule has 0 saturated carbocycles. The van der Waals surface area contributed by atoms with Gasteiger partial charge in [0.15, 0.2) is 11.2 Å². The van der Waals surface area contributed by atoms with Gasteiger partial charge in [0.2, 0.25) is 0 Å². The number of ether oxygens (including phenoxy) is 1. The number of halogens is 1. The van der Waals surface area contributed by atoms with Gasteiger partial charge in [-0.25, -0.2) is 4.79 Å². The first-order chi connectivity index (χ1) is 15.9. The Morgan fingerprint density at radius 2 is 2.00 bits per heavy atom. The molecule has 7 nitrogen and oxygen atoms in total. The number of rotatable bonds is 3. The van der Waals surface area contributed by atoms with Crippen LogP contribution < -0.4 is 10.7 Å². The Kier molecular flexibility index (Phi) is 5.21. The summed E-state index contributed by atoms with van der Waals surface area (Å²) in [4.78, 5) is 39.8. The molecule has 3 heterocycles. The summed E-state index contributed by atoms with van der Waals surface area (Å²) in [5, 5.41) is 3.87. The zero-order valence-electron chi connectivity index (χ0n) is 17.9. The highest BCUT2D eigenvalue weighted by molar-refractivity contribution is 6.31. The third-order valence-electron chi connectivity index (χ3n) is 6.25. The predicted molar refractivity (Wildman–Crippen MR) is 121 cm³/mol. The minimum Gasteiger partial charge on any atom is -0.469 e. The number of hydrogen-bond acceptors (Lipinski definition) is 7. The van der Waals surface area contributed by atoms with Crippen molar-refractivity contribution in [1.29, 1.82) is 0 Å². The summed E-state index contributed by atoms with van der Waals surface area (Å²) in [5.74, 6) is -1.14. The second-order valence-corrected chi connectivity index (χ2v) is 8.62. The summed E-state index contributed by atoms with van der Waals surface area (Å²) in [7, 11) is 1.27. The van der Waals surface area contributed by atoms with Crippen molar-refractivity contribution < 1.29 is 23.2 Å². The summed E-state index contributed by atoms with van der Waals surface area (Å²) in [6.45, 7) is 1.73. The van der Waals surface area contributed by atoms with Crippen LogP contribution in [0.2, 0.25) is 5.02 Å². The summed E-state index contributed by atoms with van der Waals surface area (Å²) >= 11 is 6.11. The van der Waals surface area contributed by atoms with Gasteiger partial charge < -0.3 is 18.9 Å². The Balaban J connectivity index is 1.71. The van der Waals surface area contributed by atoms with Crippen molar-refractivity contribution in [3.63, 3.8) is 0 Å². The maximum absolute atomic E-state index is 13.5. The number of allylic oxidation sites excluding steroid dienone is 3. The van der Waals surface area contributed by atoms with Crippen LogP contribution in [-0.4, -0.2) is 18.9 Å². The number of dihydropyridines is 1. The number of benzene rings is 1. The molecule has 168 valence electrons. The number of ketones is 1. The average molecular weight is 466 g/mol. The van der Waals surface area contributed by atoms with E-state index in [1.165, 1.54) is 19.4 Å². The van der Waals surface area contributed by atoms with E-state index in [0.717, 1.165) is 0 Å². The van der Waals surface area contributed by atoms with E-state index in [-0.39, 0.29) is 40.1 Å². The van der Waals surface area contributed by atoms with Crippen LogP contribution >= 0.6 is 11.6 Å². The number of nitrogens with one attached hydrogen (secondary N) is 1. The molecule has 8 heteroatoms. The van der Waals surface area contributed by atoms with Gasteiger partial charge in [-0.1, -0.05) is 11.6 Å². The van der Waals surface area contributed by atoms with E-state index in [0.29, 0.717) is 39.8 Å². The molecule has 0 saturated heterocycles. The Hall–Kier alpha value is -3.58. The molecule has 2 atom stereocenters. The normalized spacial score (nSPS) is 20.6. The second-order valence-electron chi connectivity index (χ2n) is 8.18. The highest BCUT2D eigenvalue weighted by atomic mass is 35.5. The fourth-order valence-electron chi connectivity index (χ4n) is 4.77. The van der Waals surface area contributed by atoms with Gasteiger partial charge >= 0.3 is 5.97 Å². The third kappa shape index (κ3) is 3.49. The van der Waals surface area contributed by atoms with Crippen LogP contribution in [0.1, 0.15) is 42.9 Å². The first-order valence-electron chi connectivity index (χ1n) is 10.5. The number of hydrogen-bond donors (Lipinski definition) is 1. The molecule has 1 N–H and O–H groups in total.